The molecule has 0 aliphatic carbocycles. The van der Waals surface area contributed by atoms with Crippen LogP contribution in [0.1, 0.15) is 11.4 Å². The van der Waals surface area contributed by atoms with E-state index in [9.17, 15) is 4.79 Å². The van der Waals surface area contributed by atoms with E-state index < -0.39 is 0 Å². The second-order valence-corrected chi connectivity index (χ2v) is 7.30. The molecule has 0 bridgehead atoms. The summed E-state index contributed by atoms with van der Waals surface area (Å²) in [6.07, 6.45) is 0. The minimum atomic E-state index is -0.0882. The Balaban J connectivity index is 1.56. The van der Waals surface area contributed by atoms with Crippen LogP contribution in [0.25, 0.3) is 10.9 Å². The fourth-order valence-electron chi connectivity index (χ4n) is 2.42. The maximum atomic E-state index is 12.1. The number of benzene rings is 2. The molecule has 0 radical (unpaired) electrons. The number of rotatable bonds is 2. The molecule has 1 aliphatic heterocycles. The number of aromatic amines is 1. The largest absolute Gasteiger partial charge is 0.309 e. The summed E-state index contributed by atoms with van der Waals surface area (Å²) in [6.45, 7) is 0. The Morgan fingerprint density at radius 1 is 1.13 bits per heavy atom. The van der Waals surface area contributed by atoms with Crippen LogP contribution in [0.3, 0.4) is 0 Å². The Labute approximate surface area is 141 Å². The van der Waals surface area contributed by atoms with Crippen LogP contribution < -0.4 is 5.56 Å². The third-order valence-electron chi connectivity index (χ3n) is 3.55. The number of H-pyrrole nitrogens is 1. The third kappa shape index (κ3) is 3.04. The van der Waals surface area contributed by atoms with E-state index >= 15 is 0 Å². The molecule has 0 atom stereocenters. The third-order valence-corrected chi connectivity index (χ3v) is 5.81. The first kappa shape index (κ1) is 14.5. The van der Waals surface area contributed by atoms with Gasteiger partial charge in [-0.3, -0.25) is 4.79 Å². The number of thioether (sulfide) groups is 2. The highest BCUT2D eigenvalue weighted by atomic mass is 32.2. The minimum absolute atomic E-state index is 0.0882. The van der Waals surface area contributed by atoms with E-state index in [1.807, 2.05) is 36.4 Å². The highest BCUT2D eigenvalue weighted by Crippen LogP contribution is 2.35. The van der Waals surface area contributed by atoms with Gasteiger partial charge in [0.05, 0.1) is 22.3 Å². The van der Waals surface area contributed by atoms with Crippen LogP contribution in [0.5, 0.6) is 0 Å². The van der Waals surface area contributed by atoms with Gasteiger partial charge in [0.1, 0.15) is 10.2 Å². The maximum Gasteiger partial charge on any atom is 0.258 e. The van der Waals surface area contributed by atoms with Crippen LogP contribution in [0, 0.1) is 0 Å². The van der Waals surface area contributed by atoms with Crippen molar-refractivity contribution in [1.82, 2.24) is 9.97 Å². The van der Waals surface area contributed by atoms with Crippen molar-refractivity contribution in [3.8, 4) is 0 Å². The molecule has 2 aromatic carbocycles. The SMILES string of the molecule is O=c1[nH]c(CSC2=Nc3ccccc3CS2)nc2ccccc12. The molecule has 0 saturated carbocycles. The standard InChI is InChI=1S/C17H13N3OS2/c21-16-12-6-2-4-8-14(12)18-15(20-16)10-23-17-19-13-7-3-1-5-11(13)9-22-17/h1-8H,9-10H2,(H,18,20,21). The molecule has 0 fully saturated rings. The maximum absolute atomic E-state index is 12.1. The van der Waals surface area contributed by atoms with E-state index in [4.69, 9.17) is 0 Å². The van der Waals surface area contributed by atoms with Crippen molar-refractivity contribution >= 4 is 44.5 Å². The number of hydrogen-bond donors (Lipinski definition) is 1. The van der Waals surface area contributed by atoms with E-state index in [2.05, 4.69) is 21.0 Å². The lowest BCUT2D eigenvalue weighted by Gasteiger charge is -2.13. The summed E-state index contributed by atoms with van der Waals surface area (Å²) in [5.74, 6) is 2.22. The quantitative estimate of drug-likeness (QED) is 0.764. The average Bonchev–Trinajstić information content (AvgIpc) is 2.60. The number of hydrogen-bond acceptors (Lipinski definition) is 5. The minimum Gasteiger partial charge on any atom is -0.309 e. The van der Waals surface area contributed by atoms with Gasteiger partial charge in [-0.25, -0.2) is 9.98 Å². The summed E-state index contributed by atoms with van der Waals surface area (Å²) < 4.78 is 1.01. The Hall–Kier alpha value is -2.05. The molecule has 1 aliphatic rings. The summed E-state index contributed by atoms with van der Waals surface area (Å²) in [6, 6.07) is 15.6. The van der Waals surface area contributed by atoms with Gasteiger partial charge in [-0.2, -0.15) is 0 Å². The molecular formula is C17H13N3OS2. The van der Waals surface area contributed by atoms with Gasteiger partial charge in [0.25, 0.3) is 5.56 Å². The van der Waals surface area contributed by atoms with Gasteiger partial charge in [-0.1, -0.05) is 53.9 Å². The lowest BCUT2D eigenvalue weighted by Crippen LogP contribution is -2.11. The number of para-hydroxylation sites is 2. The Morgan fingerprint density at radius 2 is 1.96 bits per heavy atom. The predicted molar refractivity (Wildman–Crippen MR) is 98.5 cm³/mol. The lowest BCUT2D eigenvalue weighted by molar-refractivity contribution is 1.04. The van der Waals surface area contributed by atoms with Gasteiger partial charge in [0, 0.05) is 5.75 Å². The van der Waals surface area contributed by atoms with Crippen LogP contribution in [0.4, 0.5) is 5.69 Å². The van der Waals surface area contributed by atoms with Gasteiger partial charge < -0.3 is 4.98 Å². The van der Waals surface area contributed by atoms with Crippen molar-refractivity contribution in [3.05, 3.63) is 70.3 Å². The number of aliphatic imine (C=N–C) groups is 1. The first-order chi connectivity index (χ1) is 11.3. The second-order valence-electron chi connectivity index (χ2n) is 5.11. The molecule has 4 nitrogen and oxygen atoms in total. The zero-order valence-corrected chi connectivity index (χ0v) is 13.8. The lowest BCUT2D eigenvalue weighted by atomic mass is 10.2. The normalized spacial score (nSPS) is 13.7. The molecule has 2 heterocycles. The van der Waals surface area contributed by atoms with Gasteiger partial charge >= 0.3 is 0 Å². The molecule has 4 rings (SSSR count). The van der Waals surface area contributed by atoms with E-state index in [1.165, 1.54) is 5.56 Å². The van der Waals surface area contributed by atoms with Crippen molar-refractivity contribution in [2.45, 2.75) is 11.5 Å². The van der Waals surface area contributed by atoms with Gasteiger partial charge in [0.15, 0.2) is 0 Å². The Bertz CT molecular complexity index is 965. The predicted octanol–water partition coefficient (Wildman–Crippen LogP) is 4.09. The smallest absolute Gasteiger partial charge is 0.258 e. The van der Waals surface area contributed by atoms with E-state index in [-0.39, 0.29) is 5.56 Å². The van der Waals surface area contributed by atoms with Crippen LogP contribution in [-0.4, -0.2) is 14.3 Å². The second kappa shape index (κ2) is 6.22. The molecule has 1 N–H and O–H groups in total. The summed E-state index contributed by atoms with van der Waals surface area (Å²) in [7, 11) is 0. The zero-order valence-electron chi connectivity index (χ0n) is 12.2. The topological polar surface area (TPSA) is 58.1 Å². The molecule has 23 heavy (non-hydrogen) atoms. The van der Waals surface area contributed by atoms with Crippen LogP contribution in [0.15, 0.2) is 58.3 Å². The number of nitrogens with one attached hydrogen (secondary N) is 1. The van der Waals surface area contributed by atoms with Gasteiger partial charge in [-0.15, -0.1) is 0 Å². The van der Waals surface area contributed by atoms with Crippen LogP contribution in [0.2, 0.25) is 0 Å². The number of fused-ring (bicyclic) bond motifs is 2. The van der Waals surface area contributed by atoms with Crippen molar-refractivity contribution in [3.63, 3.8) is 0 Å². The molecule has 3 aromatic rings. The molecule has 114 valence electrons. The van der Waals surface area contributed by atoms with Crippen LogP contribution >= 0.6 is 23.5 Å². The molecule has 6 heteroatoms. The van der Waals surface area contributed by atoms with E-state index in [1.54, 1.807) is 29.6 Å². The number of nitrogens with zero attached hydrogens (tertiary/aromatic N) is 2. The summed E-state index contributed by atoms with van der Waals surface area (Å²) in [5.41, 5.74) is 2.94. The van der Waals surface area contributed by atoms with Gasteiger partial charge in [-0.05, 0) is 23.8 Å². The van der Waals surface area contributed by atoms with Crippen molar-refractivity contribution in [1.29, 1.82) is 0 Å². The average molecular weight is 339 g/mol. The summed E-state index contributed by atoms with van der Waals surface area (Å²) in [4.78, 5) is 24.1. The fraction of sp³-hybridized carbons (Fsp3) is 0.118. The van der Waals surface area contributed by atoms with Crippen molar-refractivity contribution < 1.29 is 0 Å². The Morgan fingerprint density at radius 3 is 2.91 bits per heavy atom. The van der Waals surface area contributed by atoms with E-state index in [0.717, 1.165) is 21.3 Å². The first-order valence-corrected chi connectivity index (χ1v) is 9.17. The molecule has 0 unspecified atom stereocenters. The molecule has 0 amide bonds. The molecular weight excluding hydrogens is 326 g/mol. The molecule has 1 aromatic heterocycles. The molecule has 0 saturated heterocycles. The fourth-order valence-corrected chi connectivity index (χ4v) is 4.35. The summed E-state index contributed by atoms with van der Waals surface area (Å²) in [5, 5.41) is 0.625. The monoisotopic (exact) mass is 339 g/mol. The highest BCUT2D eigenvalue weighted by Gasteiger charge is 2.13. The Kier molecular flexibility index (Phi) is 3.93. The van der Waals surface area contributed by atoms with Crippen molar-refractivity contribution in [2.75, 3.05) is 0 Å². The van der Waals surface area contributed by atoms with Crippen molar-refractivity contribution in [2.24, 2.45) is 4.99 Å². The number of aromatic nitrogens is 2. The van der Waals surface area contributed by atoms with Crippen LogP contribution in [-0.2, 0) is 11.5 Å². The summed E-state index contributed by atoms with van der Waals surface area (Å²) >= 11 is 3.34. The highest BCUT2D eigenvalue weighted by molar-refractivity contribution is 8.38. The first-order valence-electron chi connectivity index (χ1n) is 7.20. The molecule has 0 spiro atoms. The van der Waals surface area contributed by atoms with E-state index in [0.29, 0.717) is 17.0 Å². The zero-order chi connectivity index (χ0) is 15.6. The van der Waals surface area contributed by atoms with Gasteiger partial charge in [0.2, 0.25) is 0 Å².